The number of hydrogen-bond acceptors (Lipinski definition) is 7. The molecule has 0 radical (unpaired) electrons. The van der Waals surface area contributed by atoms with Crippen LogP contribution in [-0.4, -0.2) is 74.2 Å². The van der Waals surface area contributed by atoms with Gasteiger partial charge in [0, 0.05) is 24.9 Å². The normalized spacial score (nSPS) is 32.1. The summed E-state index contributed by atoms with van der Waals surface area (Å²) >= 11 is 0. The Labute approximate surface area is 196 Å². The number of aliphatic carboxylic acids is 1. The first-order valence-electron chi connectivity index (χ1n) is 11.7. The molecule has 2 aliphatic heterocycles. The maximum atomic E-state index is 13.5. The van der Waals surface area contributed by atoms with Crippen LogP contribution < -0.4 is 10.6 Å². The zero-order valence-corrected chi connectivity index (χ0v) is 19.0. The van der Waals surface area contributed by atoms with Gasteiger partial charge in [0.2, 0.25) is 11.8 Å². The van der Waals surface area contributed by atoms with Crippen LogP contribution >= 0.6 is 0 Å². The molecule has 0 spiro atoms. The van der Waals surface area contributed by atoms with Crippen molar-refractivity contribution in [1.29, 1.82) is 0 Å². The molecule has 5 atom stereocenters. The summed E-state index contributed by atoms with van der Waals surface area (Å²) in [6.07, 6.45) is 6.55. The van der Waals surface area contributed by atoms with Crippen molar-refractivity contribution in [3.8, 4) is 0 Å². The van der Waals surface area contributed by atoms with E-state index in [9.17, 15) is 29.4 Å². The standard InChI is InChI=1S/C23H30N4O7/c1-13-9-17(26-34-13)19(29)24-16-8-6-4-2-3-5-7-14-11-23(14,22(32)33)25-20(30)18-10-15(28)12-27(18)21(16)31/h5,7,9,14-16,18,28H,2-4,6,8,10-12H2,1H3,(H,24,29)(H,25,30)(H,32,33). The molecule has 5 unspecified atom stereocenters. The number of fused-ring (bicyclic) bond motifs is 2. The number of carbonyl (C=O) groups excluding carboxylic acids is 3. The third-order valence-corrected chi connectivity index (χ3v) is 6.80. The van der Waals surface area contributed by atoms with E-state index in [1.54, 1.807) is 6.92 Å². The summed E-state index contributed by atoms with van der Waals surface area (Å²) in [4.78, 5) is 52.5. The Balaban J connectivity index is 1.57. The molecule has 11 nitrogen and oxygen atoms in total. The van der Waals surface area contributed by atoms with Crippen LogP contribution in [0.2, 0.25) is 0 Å². The number of aliphatic hydroxyl groups is 1. The summed E-state index contributed by atoms with van der Waals surface area (Å²) in [5.41, 5.74) is -1.35. The summed E-state index contributed by atoms with van der Waals surface area (Å²) in [5.74, 6) is -2.65. The maximum absolute atomic E-state index is 13.5. The molecular weight excluding hydrogens is 444 g/mol. The number of aliphatic hydroxyl groups excluding tert-OH is 1. The molecule has 184 valence electrons. The lowest BCUT2D eigenvalue weighted by atomic mass is 10.0. The minimum absolute atomic E-state index is 0.00305. The van der Waals surface area contributed by atoms with Crippen LogP contribution in [0.3, 0.4) is 0 Å². The number of amides is 3. The molecule has 0 aromatic carbocycles. The second-order valence-electron chi connectivity index (χ2n) is 9.39. The molecule has 11 heteroatoms. The molecule has 1 aromatic rings. The average Bonchev–Trinajstić information content (AvgIpc) is 3.09. The number of rotatable bonds is 3. The Morgan fingerprint density at radius 2 is 2.09 bits per heavy atom. The van der Waals surface area contributed by atoms with E-state index in [1.807, 2.05) is 12.2 Å². The molecular formula is C23H30N4O7. The van der Waals surface area contributed by atoms with Gasteiger partial charge in [-0.15, -0.1) is 0 Å². The maximum Gasteiger partial charge on any atom is 0.330 e. The fourth-order valence-corrected chi connectivity index (χ4v) is 4.78. The van der Waals surface area contributed by atoms with Gasteiger partial charge >= 0.3 is 5.97 Å². The fourth-order valence-electron chi connectivity index (χ4n) is 4.78. The SMILES string of the molecule is Cc1cc(C(=O)NC2CCCCCC=CC3CC3(C(=O)O)NC(=O)C3CC(O)CN3C2=O)no1. The Bertz CT molecular complexity index is 1010. The van der Waals surface area contributed by atoms with Gasteiger partial charge in [-0.3, -0.25) is 14.4 Å². The highest BCUT2D eigenvalue weighted by Crippen LogP contribution is 2.45. The van der Waals surface area contributed by atoms with Gasteiger partial charge in [-0.2, -0.15) is 0 Å². The molecule has 4 rings (SSSR count). The number of carboxylic acid groups (broad SMARTS) is 1. The molecule has 4 N–H and O–H groups in total. The van der Waals surface area contributed by atoms with E-state index in [1.165, 1.54) is 11.0 Å². The largest absolute Gasteiger partial charge is 0.479 e. The topological polar surface area (TPSA) is 162 Å². The quantitative estimate of drug-likeness (QED) is 0.461. The second-order valence-corrected chi connectivity index (χ2v) is 9.39. The van der Waals surface area contributed by atoms with Crippen LogP contribution in [0.5, 0.6) is 0 Å². The lowest BCUT2D eigenvalue weighted by Gasteiger charge is -2.29. The molecule has 0 bridgehead atoms. The zero-order chi connectivity index (χ0) is 24.5. The van der Waals surface area contributed by atoms with Gasteiger partial charge < -0.3 is 30.3 Å². The molecule has 3 heterocycles. The number of allylic oxidation sites excluding steroid dienone is 1. The molecule has 3 amide bonds. The number of carbonyl (C=O) groups is 4. The summed E-state index contributed by atoms with van der Waals surface area (Å²) < 4.78 is 4.94. The third-order valence-electron chi connectivity index (χ3n) is 6.80. The summed E-state index contributed by atoms with van der Waals surface area (Å²) in [7, 11) is 0. The van der Waals surface area contributed by atoms with Crippen LogP contribution in [0.1, 0.15) is 61.2 Å². The van der Waals surface area contributed by atoms with Crippen molar-refractivity contribution >= 4 is 23.7 Å². The number of hydrogen-bond donors (Lipinski definition) is 4. The van der Waals surface area contributed by atoms with E-state index in [0.29, 0.717) is 18.6 Å². The van der Waals surface area contributed by atoms with Gasteiger partial charge in [0.15, 0.2) is 5.69 Å². The van der Waals surface area contributed by atoms with E-state index in [-0.39, 0.29) is 31.0 Å². The predicted octanol–water partition coefficient (Wildman–Crippen LogP) is 0.523. The molecule has 1 aromatic heterocycles. The van der Waals surface area contributed by atoms with E-state index in [4.69, 9.17) is 4.52 Å². The van der Waals surface area contributed by atoms with Crippen molar-refractivity contribution in [2.45, 2.75) is 75.6 Å². The van der Waals surface area contributed by atoms with Crippen LogP contribution in [-0.2, 0) is 14.4 Å². The minimum Gasteiger partial charge on any atom is -0.479 e. The lowest BCUT2D eigenvalue weighted by Crippen LogP contribution is -2.56. The first-order valence-corrected chi connectivity index (χ1v) is 11.7. The van der Waals surface area contributed by atoms with Gasteiger partial charge in [0.1, 0.15) is 23.4 Å². The zero-order valence-electron chi connectivity index (χ0n) is 19.0. The van der Waals surface area contributed by atoms with Gasteiger partial charge in [-0.05, 0) is 32.6 Å². The summed E-state index contributed by atoms with van der Waals surface area (Å²) in [6.45, 7) is 1.58. The van der Waals surface area contributed by atoms with Gasteiger partial charge in [-0.1, -0.05) is 30.2 Å². The number of aryl methyl sites for hydroxylation is 1. The van der Waals surface area contributed by atoms with Crippen molar-refractivity contribution in [2.75, 3.05) is 6.54 Å². The van der Waals surface area contributed by atoms with Crippen molar-refractivity contribution in [3.63, 3.8) is 0 Å². The van der Waals surface area contributed by atoms with Crippen LogP contribution in [0.15, 0.2) is 22.7 Å². The number of carboxylic acids is 1. The Morgan fingerprint density at radius 1 is 1.29 bits per heavy atom. The summed E-state index contributed by atoms with van der Waals surface area (Å²) in [6, 6.07) is -0.484. The fraction of sp³-hybridized carbons (Fsp3) is 0.609. The van der Waals surface area contributed by atoms with Crippen LogP contribution in [0, 0.1) is 12.8 Å². The number of nitrogens with zero attached hydrogens (tertiary/aromatic N) is 2. The Morgan fingerprint density at radius 3 is 2.79 bits per heavy atom. The molecule has 34 heavy (non-hydrogen) atoms. The van der Waals surface area contributed by atoms with Gasteiger partial charge in [0.25, 0.3) is 5.91 Å². The smallest absolute Gasteiger partial charge is 0.330 e. The van der Waals surface area contributed by atoms with Gasteiger partial charge in [0.05, 0.1) is 6.10 Å². The number of aromatic nitrogens is 1. The third kappa shape index (κ3) is 4.84. The van der Waals surface area contributed by atoms with Crippen molar-refractivity contribution in [2.24, 2.45) is 5.92 Å². The highest BCUT2D eigenvalue weighted by Gasteiger charge is 2.61. The average molecular weight is 475 g/mol. The monoisotopic (exact) mass is 474 g/mol. The van der Waals surface area contributed by atoms with Crippen LogP contribution in [0.4, 0.5) is 0 Å². The Hall–Kier alpha value is -3.21. The first kappa shape index (κ1) is 23.9. The molecule has 1 saturated heterocycles. The molecule has 1 aliphatic carbocycles. The van der Waals surface area contributed by atoms with E-state index >= 15 is 0 Å². The Kier molecular flexibility index (Phi) is 6.74. The molecule has 2 fully saturated rings. The number of nitrogens with one attached hydrogen (secondary N) is 2. The molecule has 1 saturated carbocycles. The van der Waals surface area contributed by atoms with E-state index in [2.05, 4.69) is 15.8 Å². The predicted molar refractivity (Wildman–Crippen MR) is 117 cm³/mol. The van der Waals surface area contributed by atoms with Gasteiger partial charge in [-0.25, -0.2) is 4.79 Å². The van der Waals surface area contributed by atoms with E-state index < -0.39 is 47.4 Å². The van der Waals surface area contributed by atoms with Crippen molar-refractivity contribution in [3.05, 3.63) is 29.7 Å². The highest BCUT2D eigenvalue weighted by atomic mass is 16.5. The van der Waals surface area contributed by atoms with E-state index in [0.717, 1.165) is 19.3 Å². The minimum atomic E-state index is -1.39. The first-order chi connectivity index (χ1) is 16.2. The highest BCUT2D eigenvalue weighted by molar-refractivity contribution is 5.98. The molecule has 3 aliphatic rings. The summed E-state index contributed by atoms with van der Waals surface area (Å²) in [5, 5.41) is 29.0. The second kappa shape index (κ2) is 9.57. The van der Waals surface area contributed by atoms with Crippen molar-refractivity contribution in [1.82, 2.24) is 20.7 Å². The van der Waals surface area contributed by atoms with Crippen molar-refractivity contribution < 1.29 is 33.9 Å². The lowest BCUT2D eigenvalue weighted by molar-refractivity contribution is -0.145. The van der Waals surface area contributed by atoms with Crippen LogP contribution in [0.25, 0.3) is 0 Å².